The number of fused-ring (bicyclic) bond motifs is 3. The molecule has 21 heavy (non-hydrogen) atoms. The van der Waals surface area contributed by atoms with Crippen LogP contribution in [-0.4, -0.2) is 36.5 Å². The van der Waals surface area contributed by atoms with Crippen molar-refractivity contribution < 1.29 is 13.6 Å². The van der Waals surface area contributed by atoms with Crippen LogP contribution in [0.1, 0.15) is 23.4 Å². The summed E-state index contributed by atoms with van der Waals surface area (Å²) in [6.45, 7) is 3.30. The van der Waals surface area contributed by atoms with Gasteiger partial charge in [-0.05, 0) is 50.0 Å². The van der Waals surface area contributed by atoms with Crippen molar-refractivity contribution in [1.82, 2.24) is 10.2 Å². The molecule has 0 aromatic carbocycles. The van der Waals surface area contributed by atoms with Gasteiger partial charge in [0.15, 0.2) is 5.76 Å². The van der Waals surface area contributed by atoms with Crippen LogP contribution in [0.2, 0.25) is 0 Å². The van der Waals surface area contributed by atoms with Crippen LogP contribution >= 0.6 is 0 Å². The molecular formula is C16H18N2O3. The van der Waals surface area contributed by atoms with E-state index in [4.69, 9.17) is 8.83 Å². The highest BCUT2D eigenvalue weighted by molar-refractivity contribution is 5.92. The normalized spacial score (nSPS) is 27.7. The molecule has 0 saturated carbocycles. The summed E-state index contributed by atoms with van der Waals surface area (Å²) in [5.74, 6) is 1.51. The second kappa shape index (κ2) is 5.07. The number of nitrogens with one attached hydrogen (secondary N) is 1. The molecule has 2 bridgehead atoms. The van der Waals surface area contributed by atoms with E-state index in [9.17, 15) is 4.79 Å². The molecule has 5 rings (SSSR count). The van der Waals surface area contributed by atoms with Gasteiger partial charge in [0, 0.05) is 12.6 Å². The molecule has 2 aromatic heterocycles. The average Bonchev–Trinajstić information content (AvgIpc) is 3.20. The van der Waals surface area contributed by atoms with E-state index in [2.05, 4.69) is 10.2 Å². The molecular weight excluding hydrogens is 268 g/mol. The maximum absolute atomic E-state index is 12.3. The molecule has 5 heteroatoms. The van der Waals surface area contributed by atoms with Crippen molar-refractivity contribution in [2.75, 3.05) is 19.6 Å². The van der Waals surface area contributed by atoms with Crippen LogP contribution in [0.15, 0.2) is 39.6 Å². The highest BCUT2D eigenvalue weighted by Gasteiger charge is 2.35. The standard InChI is InChI=1S/C16H18N2O3/c19-16(17-13-9-18-6-3-11(13)4-7-18)15-2-1-14(21-15)12-5-8-20-10-12/h1-2,5,8,10-11,13H,3-4,6-7,9H2,(H,17,19). The molecule has 1 atom stereocenters. The minimum Gasteiger partial charge on any atom is -0.472 e. The molecule has 3 fully saturated rings. The summed E-state index contributed by atoms with van der Waals surface area (Å²) < 4.78 is 10.7. The van der Waals surface area contributed by atoms with Gasteiger partial charge in [0.25, 0.3) is 5.91 Å². The van der Waals surface area contributed by atoms with E-state index >= 15 is 0 Å². The van der Waals surface area contributed by atoms with E-state index < -0.39 is 0 Å². The van der Waals surface area contributed by atoms with E-state index in [1.807, 2.05) is 6.07 Å². The minimum atomic E-state index is -0.122. The smallest absolute Gasteiger partial charge is 0.287 e. The molecule has 1 amide bonds. The summed E-state index contributed by atoms with van der Waals surface area (Å²) in [4.78, 5) is 14.7. The maximum atomic E-state index is 12.3. The third-order valence-corrected chi connectivity index (χ3v) is 4.61. The Labute approximate surface area is 122 Å². The number of carbonyl (C=O) groups excluding carboxylic acids is 1. The van der Waals surface area contributed by atoms with Crippen LogP contribution in [0.5, 0.6) is 0 Å². The van der Waals surface area contributed by atoms with Crippen LogP contribution in [0.25, 0.3) is 11.3 Å². The Morgan fingerprint density at radius 3 is 2.76 bits per heavy atom. The zero-order valence-corrected chi connectivity index (χ0v) is 11.7. The van der Waals surface area contributed by atoms with Crippen molar-refractivity contribution in [1.29, 1.82) is 0 Å². The summed E-state index contributed by atoms with van der Waals surface area (Å²) >= 11 is 0. The predicted molar refractivity (Wildman–Crippen MR) is 76.8 cm³/mol. The maximum Gasteiger partial charge on any atom is 0.287 e. The fraction of sp³-hybridized carbons (Fsp3) is 0.438. The number of carbonyl (C=O) groups is 1. The first kappa shape index (κ1) is 12.7. The molecule has 0 aliphatic carbocycles. The first-order valence-corrected chi connectivity index (χ1v) is 7.45. The van der Waals surface area contributed by atoms with Crippen LogP contribution in [-0.2, 0) is 0 Å². The molecule has 3 aliphatic rings. The Hall–Kier alpha value is -2.01. The lowest BCUT2D eigenvalue weighted by atomic mass is 9.84. The van der Waals surface area contributed by atoms with Crippen molar-refractivity contribution in [2.24, 2.45) is 5.92 Å². The van der Waals surface area contributed by atoms with E-state index in [0.29, 0.717) is 17.4 Å². The van der Waals surface area contributed by atoms with Gasteiger partial charge >= 0.3 is 0 Å². The topological polar surface area (TPSA) is 58.6 Å². The molecule has 3 saturated heterocycles. The lowest BCUT2D eigenvalue weighted by Gasteiger charge is -2.44. The summed E-state index contributed by atoms with van der Waals surface area (Å²) in [7, 11) is 0. The summed E-state index contributed by atoms with van der Waals surface area (Å²) in [6, 6.07) is 5.59. The second-order valence-corrected chi connectivity index (χ2v) is 5.89. The average molecular weight is 286 g/mol. The number of rotatable bonds is 3. The number of amides is 1. The van der Waals surface area contributed by atoms with Crippen molar-refractivity contribution >= 4 is 5.91 Å². The third-order valence-electron chi connectivity index (χ3n) is 4.61. The Balaban J connectivity index is 1.46. The number of nitrogens with zero attached hydrogens (tertiary/aromatic N) is 1. The summed E-state index contributed by atoms with van der Waals surface area (Å²) in [5.41, 5.74) is 0.844. The number of piperidine rings is 3. The van der Waals surface area contributed by atoms with Crippen molar-refractivity contribution in [3.63, 3.8) is 0 Å². The van der Waals surface area contributed by atoms with Gasteiger partial charge in [0.1, 0.15) is 12.0 Å². The number of hydrogen-bond donors (Lipinski definition) is 1. The van der Waals surface area contributed by atoms with Gasteiger partial charge in [-0.2, -0.15) is 0 Å². The molecule has 2 aromatic rings. The summed E-state index contributed by atoms with van der Waals surface area (Å²) in [5, 5.41) is 3.13. The Morgan fingerprint density at radius 2 is 2.10 bits per heavy atom. The Kier molecular flexibility index (Phi) is 3.07. The monoisotopic (exact) mass is 286 g/mol. The molecule has 0 spiro atoms. The van der Waals surface area contributed by atoms with Gasteiger partial charge in [0.05, 0.1) is 11.8 Å². The first-order valence-electron chi connectivity index (χ1n) is 7.45. The van der Waals surface area contributed by atoms with Crippen molar-refractivity contribution in [2.45, 2.75) is 18.9 Å². The molecule has 5 heterocycles. The van der Waals surface area contributed by atoms with Crippen LogP contribution in [0.3, 0.4) is 0 Å². The number of furan rings is 2. The molecule has 3 aliphatic heterocycles. The van der Waals surface area contributed by atoms with Crippen LogP contribution in [0, 0.1) is 5.92 Å². The fourth-order valence-electron chi connectivity index (χ4n) is 3.39. The van der Waals surface area contributed by atoms with Crippen LogP contribution < -0.4 is 5.32 Å². The Morgan fingerprint density at radius 1 is 1.24 bits per heavy atom. The van der Waals surface area contributed by atoms with Gasteiger partial charge < -0.3 is 19.1 Å². The highest BCUT2D eigenvalue weighted by atomic mass is 16.4. The molecule has 5 nitrogen and oxygen atoms in total. The lowest BCUT2D eigenvalue weighted by molar-refractivity contribution is 0.0606. The van der Waals surface area contributed by atoms with Crippen molar-refractivity contribution in [3.05, 3.63) is 36.5 Å². The number of hydrogen-bond acceptors (Lipinski definition) is 4. The SMILES string of the molecule is O=C(NC1CN2CCC1CC2)c1ccc(-c2ccoc2)o1. The highest BCUT2D eigenvalue weighted by Crippen LogP contribution is 2.28. The molecule has 0 radical (unpaired) electrons. The van der Waals surface area contributed by atoms with Gasteiger partial charge in [-0.15, -0.1) is 0 Å². The van der Waals surface area contributed by atoms with Gasteiger partial charge in [-0.3, -0.25) is 4.79 Å². The zero-order chi connectivity index (χ0) is 14.2. The third kappa shape index (κ3) is 2.38. The zero-order valence-electron chi connectivity index (χ0n) is 11.7. The van der Waals surface area contributed by atoms with Gasteiger partial charge in [0.2, 0.25) is 0 Å². The van der Waals surface area contributed by atoms with Gasteiger partial charge in [-0.1, -0.05) is 0 Å². The van der Waals surface area contributed by atoms with Crippen molar-refractivity contribution in [3.8, 4) is 11.3 Å². The quantitative estimate of drug-likeness (QED) is 0.941. The second-order valence-electron chi connectivity index (χ2n) is 5.89. The Bertz CT molecular complexity index is 624. The predicted octanol–water partition coefficient (Wildman–Crippen LogP) is 2.36. The molecule has 1 unspecified atom stereocenters. The fourth-order valence-corrected chi connectivity index (χ4v) is 3.39. The molecule has 110 valence electrons. The lowest BCUT2D eigenvalue weighted by Crippen LogP contribution is -2.57. The van der Waals surface area contributed by atoms with Crippen LogP contribution in [0.4, 0.5) is 0 Å². The van der Waals surface area contributed by atoms with E-state index in [1.54, 1.807) is 24.7 Å². The van der Waals surface area contributed by atoms with E-state index in [-0.39, 0.29) is 11.9 Å². The minimum absolute atomic E-state index is 0.122. The van der Waals surface area contributed by atoms with E-state index in [0.717, 1.165) is 12.1 Å². The summed E-state index contributed by atoms with van der Waals surface area (Å²) in [6.07, 6.45) is 5.56. The van der Waals surface area contributed by atoms with E-state index in [1.165, 1.54) is 25.9 Å². The largest absolute Gasteiger partial charge is 0.472 e. The molecule has 1 N–H and O–H groups in total. The first-order chi connectivity index (χ1) is 10.3. The van der Waals surface area contributed by atoms with Gasteiger partial charge in [-0.25, -0.2) is 0 Å².